The number of nitrogens with zero attached hydrogens (tertiary/aromatic N) is 2. The van der Waals surface area contributed by atoms with E-state index in [0.29, 0.717) is 0 Å². The molecule has 0 spiro atoms. The molecule has 0 aromatic heterocycles. The van der Waals surface area contributed by atoms with Crippen LogP contribution in [0.3, 0.4) is 0 Å². The summed E-state index contributed by atoms with van der Waals surface area (Å²) in [5.74, 6) is 0. The van der Waals surface area contributed by atoms with Crippen molar-refractivity contribution in [2.24, 2.45) is 10.2 Å². The Kier molecular flexibility index (Phi) is 5.80. The third-order valence-corrected chi connectivity index (χ3v) is 0.936. The van der Waals surface area contributed by atoms with Gasteiger partial charge in [-0.15, -0.1) is 16.9 Å². The van der Waals surface area contributed by atoms with Crippen LogP contribution in [0.1, 0.15) is 0 Å². The van der Waals surface area contributed by atoms with Crippen molar-refractivity contribution in [1.29, 1.82) is 0 Å². The van der Waals surface area contributed by atoms with E-state index in [0.717, 1.165) is 5.55 Å². The number of rotatable bonds is 3. The molecule has 0 aliphatic carbocycles. The molecule has 0 radical (unpaired) electrons. The molecule has 52 valence electrons. The Labute approximate surface area is 59.7 Å². The van der Waals surface area contributed by atoms with E-state index in [4.69, 9.17) is 4.55 Å². The third-order valence-electron chi connectivity index (χ3n) is 0.357. The smallest absolute Gasteiger partial charge is 0.199 e. The molecule has 0 aliphatic heterocycles. The average molecular weight is 166 g/mol. The quantitative estimate of drug-likeness (QED) is 0.288. The van der Waals surface area contributed by atoms with Crippen molar-refractivity contribution in [2.75, 3.05) is 6.26 Å². The summed E-state index contributed by atoms with van der Waals surface area (Å²) in [6.45, 7) is 0. The first-order chi connectivity index (χ1) is 4.27. The number of hydrogen-bond donors (Lipinski definition) is 1. The Morgan fingerprint density at radius 3 is 2.78 bits per heavy atom. The molecule has 4 nitrogen and oxygen atoms in total. The molecule has 0 rings (SSSR count). The predicted octanol–water partition coefficient (Wildman–Crippen LogP) is 0.543. The minimum Gasteiger partial charge on any atom is -0.301 e. The number of thioether (sulfide) groups is 1. The maximum absolute atomic E-state index is 9.84. The Morgan fingerprint density at radius 1 is 1.67 bits per heavy atom. The van der Waals surface area contributed by atoms with Crippen LogP contribution < -0.4 is 0 Å². The summed E-state index contributed by atoms with van der Waals surface area (Å²) in [6, 6.07) is 0. The van der Waals surface area contributed by atoms with Gasteiger partial charge >= 0.3 is 0 Å². The topological polar surface area (TPSA) is 62.0 Å². The van der Waals surface area contributed by atoms with E-state index in [-0.39, 0.29) is 0 Å². The standard InChI is InChI=1S/C3H6N2O2S2/c1-8-2-4-5-3-9(6)7/h2-3H,1H3,(H,6,7). The van der Waals surface area contributed by atoms with Gasteiger partial charge in [-0.2, -0.15) is 5.10 Å². The Bertz CT molecular complexity index is 145. The second-order valence-corrected chi connectivity index (χ2v) is 2.40. The normalized spacial score (nSPS) is 15.3. The van der Waals surface area contributed by atoms with Crippen LogP contribution in [-0.4, -0.2) is 26.1 Å². The van der Waals surface area contributed by atoms with Crippen LogP contribution >= 0.6 is 11.8 Å². The van der Waals surface area contributed by atoms with Crippen molar-refractivity contribution in [3.05, 3.63) is 0 Å². The van der Waals surface area contributed by atoms with Gasteiger partial charge in [0, 0.05) is 0 Å². The van der Waals surface area contributed by atoms with E-state index in [9.17, 15) is 4.21 Å². The fourth-order valence-electron chi connectivity index (χ4n) is 0.142. The summed E-state index contributed by atoms with van der Waals surface area (Å²) >= 11 is -0.616. The van der Waals surface area contributed by atoms with Crippen LogP contribution in [-0.2, 0) is 11.1 Å². The summed E-state index contributed by atoms with van der Waals surface area (Å²) in [4.78, 5) is 0. The van der Waals surface area contributed by atoms with Gasteiger partial charge in [0.1, 0.15) is 5.55 Å². The molecule has 0 saturated heterocycles. The van der Waals surface area contributed by atoms with Gasteiger partial charge in [0.05, 0.1) is 5.55 Å². The van der Waals surface area contributed by atoms with Crippen LogP contribution in [0.5, 0.6) is 0 Å². The largest absolute Gasteiger partial charge is 0.301 e. The first kappa shape index (κ1) is 8.80. The lowest BCUT2D eigenvalue weighted by atomic mass is 11.6. The lowest BCUT2D eigenvalue weighted by Gasteiger charge is -1.74. The van der Waals surface area contributed by atoms with Gasteiger partial charge in [0.25, 0.3) is 0 Å². The van der Waals surface area contributed by atoms with E-state index < -0.39 is 11.1 Å². The molecule has 0 saturated carbocycles. The second-order valence-electron chi connectivity index (χ2n) is 0.954. The third kappa shape index (κ3) is 7.80. The lowest BCUT2D eigenvalue weighted by molar-refractivity contribution is 0.578. The molecule has 9 heavy (non-hydrogen) atoms. The van der Waals surface area contributed by atoms with Crippen LogP contribution in [0.2, 0.25) is 0 Å². The summed E-state index contributed by atoms with van der Waals surface area (Å²) in [5, 5.41) is 6.62. The molecule has 1 unspecified atom stereocenters. The first-order valence-electron chi connectivity index (χ1n) is 1.95. The van der Waals surface area contributed by atoms with Crippen molar-refractivity contribution < 1.29 is 8.76 Å². The molecule has 6 heteroatoms. The molecule has 1 atom stereocenters. The minimum atomic E-state index is -1.98. The van der Waals surface area contributed by atoms with Crippen LogP contribution in [0.25, 0.3) is 0 Å². The minimum absolute atomic E-state index is 0.840. The van der Waals surface area contributed by atoms with Gasteiger partial charge in [0.2, 0.25) is 0 Å². The molecule has 0 amide bonds. The van der Waals surface area contributed by atoms with Gasteiger partial charge in [-0.1, -0.05) is 0 Å². The molecule has 0 aromatic rings. The Balaban J connectivity index is 3.47. The summed E-state index contributed by atoms with van der Waals surface area (Å²) < 4.78 is 17.9. The molecular formula is C3H6N2O2S2. The fourth-order valence-corrected chi connectivity index (χ4v) is 0.426. The highest BCUT2D eigenvalue weighted by Gasteiger charge is 1.77. The van der Waals surface area contributed by atoms with Gasteiger partial charge < -0.3 is 4.55 Å². The number of hydrogen-bond acceptors (Lipinski definition) is 4. The summed E-state index contributed by atoms with van der Waals surface area (Å²) in [6.07, 6.45) is 1.81. The highest BCUT2D eigenvalue weighted by Crippen LogP contribution is 1.82. The van der Waals surface area contributed by atoms with Crippen molar-refractivity contribution >= 4 is 33.9 Å². The summed E-state index contributed by atoms with van der Waals surface area (Å²) in [7, 11) is 0. The lowest BCUT2D eigenvalue weighted by Crippen LogP contribution is -1.83. The monoisotopic (exact) mass is 166 g/mol. The Morgan fingerprint density at radius 2 is 2.33 bits per heavy atom. The SMILES string of the molecule is CSC=NN=CS(=O)O. The highest BCUT2D eigenvalue weighted by molar-refractivity contribution is 8.11. The van der Waals surface area contributed by atoms with Crippen molar-refractivity contribution in [1.82, 2.24) is 0 Å². The molecule has 0 aromatic carbocycles. The maximum atomic E-state index is 9.84. The molecule has 0 fully saturated rings. The summed E-state index contributed by atoms with van der Waals surface area (Å²) in [5.41, 5.74) is 2.30. The molecule has 0 heterocycles. The van der Waals surface area contributed by atoms with E-state index in [1.807, 2.05) is 6.26 Å². The van der Waals surface area contributed by atoms with Crippen LogP contribution in [0.4, 0.5) is 0 Å². The van der Waals surface area contributed by atoms with Gasteiger partial charge in [-0.3, -0.25) is 0 Å². The van der Waals surface area contributed by atoms with Crippen molar-refractivity contribution in [2.45, 2.75) is 0 Å². The molecule has 0 aliphatic rings. The highest BCUT2D eigenvalue weighted by atomic mass is 32.2. The van der Waals surface area contributed by atoms with Crippen LogP contribution in [0, 0.1) is 0 Å². The zero-order chi connectivity index (χ0) is 7.11. The maximum Gasteiger partial charge on any atom is 0.199 e. The predicted molar refractivity (Wildman–Crippen MR) is 41.3 cm³/mol. The van der Waals surface area contributed by atoms with Gasteiger partial charge in [-0.25, -0.2) is 4.21 Å². The van der Waals surface area contributed by atoms with Crippen molar-refractivity contribution in [3.8, 4) is 0 Å². The Hall–Kier alpha value is -0.200. The van der Waals surface area contributed by atoms with E-state index in [1.165, 1.54) is 17.3 Å². The molecule has 1 N–H and O–H groups in total. The van der Waals surface area contributed by atoms with Crippen LogP contribution in [0.15, 0.2) is 10.2 Å². The second kappa shape index (κ2) is 5.93. The molecule has 0 bridgehead atoms. The van der Waals surface area contributed by atoms with Gasteiger partial charge in [-0.05, 0) is 6.26 Å². The van der Waals surface area contributed by atoms with E-state index >= 15 is 0 Å². The average Bonchev–Trinajstić information content (AvgIpc) is 1.80. The van der Waals surface area contributed by atoms with Crippen molar-refractivity contribution in [3.63, 3.8) is 0 Å². The molecular weight excluding hydrogens is 160 g/mol. The van der Waals surface area contributed by atoms with E-state index in [2.05, 4.69) is 10.2 Å². The zero-order valence-electron chi connectivity index (χ0n) is 4.72. The van der Waals surface area contributed by atoms with Gasteiger partial charge in [0.15, 0.2) is 11.1 Å². The fraction of sp³-hybridized carbons (Fsp3) is 0.333. The zero-order valence-corrected chi connectivity index (χ0v) is 6.35. The van der Waals surface area contributed by atoms with E-state index in [1.54, 1.807) is 0 Å². The first-order valence-corrected chi connectivity index (χ1v) is 4.40.